The molecule has 2 aromatic carbocycles. The Balaban J connectivity index is 2.31. The van der Waals surface area contributed by atoms with E-state index in [1.54, 1.807) is 12.1 Å². The average molecular weight is 299 g/mol. The van der Waals surface area contributed by atoms with Crippen LogP contribution in [0, 0.1) is 0 Å². The third-order valence-corrected chi connectivity index (χ3v) is 3.22. The molecule has 2 aromatic rings. The summed E-state index contributed by atoms with van der Waals surface area (Å²) in [5.74, 6) is -2.12. The van der Waals surface area contributed by atoms with Gasteiger partial charge in [-0.05, 0) is 23.6 Å². The molecule has 0 aliphatic rings. The van der Waals surface area contributed by atoms with E-state index in [0.717, 1.165) is 11.1 Å². The summed E-state index contributed by atoms with van der Waals surface area (Å²) in [6.45, 7) is -0.698. The van der Waals surface area contributed by atoms with Gasteiger partial charge in [-0.3, -0.25) is 9.59 Å². The van der Waals surface area contributed by atoms with Crippen LogP contribution in [0.25, 0.3) is 0 Å². The van der Waals surface area contributed by atoms with Crippen molar-refractivity contribution in [2.24, 2.45) is 0 Å². The van der Waals surface area contributed by atoms with Crippen LogP contribution in [-0.2, 0) is 16.0 Å². The molecule has 5 nitrogen and oxygen atoms in total. The highest BCUT2D eigenvalue weighted by molar-refractivity contribution is 5.80. The smallest absolute Gasteiger partial charge is 0.323 e. The Morgan fingerprint density at radius 1 is 0.818 bits per heavy atom. The molecule has 0 heterocycles. The highest BCUT2D eigenvalue weighted by Gasteiger charge is 2.17. The third-order valence-electron chi connectivity index (χ3n) is 3.22. The van der Waals surface area contributed by atoms with Gasteiger partial charge in [-0.2, -0.15) is 0 Å². The molecule has 0 amide bonds. The minimum atomic E-state index is -1.06. The van der Waals surface area contributed by atoms with Crippen molar-refractivity contribution in [3.63, 3.8) is 0 Å². The first-order chi connectivity index (χ1) is 10.6. The van der Waals surface area contributed by atoms with Crippen LogP contribution in [0.1, 0.15) is 11.1 Å². The van der Waals surface area contributed by atoms with E-state index >= 15 is 0 Å². The number of carbonyl (C=O) groups is 2. The molecule has 22 heavy (non-hydrogen) atoms. The molecule has 2 rings (SSSR count). The molecule has 0 aliphatic heterocycles. The molecule has 0 aromatic heterocycles. The molecule has 0 saturated carbocycles. The predicted molar refractivity (Wildman–Crippen MR) is 83.2 cm³/mol. The Kier molecular flexibility index (Phi) is 5.14. The molecular formula is C17H17NO4. The number of benzene rings is 2. The lowest BCUT2D eigenvalue weighted by Gasteiger charge is -2.23. The molecule has 5 heteroatoms. The molecule has 114 valence electrons. The van der Waals surface area contributed by atoms with Crippen LogP contribution < -0.4 is 4.90 Å². The van der Waals surface area contributed by atoms with Gasteiger partial charge in [0.1, 0.15) is 13.1 Å². The molecular weight excluding hydrogens is 282 g/mol. The summed E-state index contributed by atoms with van der Waals surface area (Å²) in [6.07, 6.45) is 0.618. The molecule has 0 radical (unpaired) electrons. The van der Waals surface area contributed by atoms with E-state index < -0.39 is 11.9 Å². The molecule has 0 bridgehead atoms. The second-order valence-corrected chi connectivity index (χ2v) is 4.93. The first kappa shape index (κ1) is 15.6. The van der Waals surface area contributed by atoms with E-state index in [1.807, 2.05) is 42.5 Å². The van der Waals surface area contributed by atoms with Gasteiger partial charge in [0.2, 0.25) is 0 Å². The standard InChI is InChI=1S/C17H17NO4/c19-16(20)11-18(12-17(21)22)15-9-5-4-8-14(15)10-13-6-2-1-3-7-13/h1-9H,10-12H2,(H,19,20)(H,21,22). The second-order valence-electron chi connectivity index (χ2n) is 4.93. The van der Waals surface area contributed by atoms with E-state index in [2.05, 4.69) is 0 Å². The fourth-order valence-electron chi connectivity index (χ4n) is 2.34. The number of carboxylic acids is 2. The van der Waals surface area contributed by atoms with Crippen molar-refractivity contribution in [2.45, 2.75) is 6.42 Å². The summed E-state index contributed by atoms with van der Waals surface area (Å²) in [5.41, 5.74) is 2.62. The zero-order chi connectivity index (χ0) is 15.9. The Bertz CT molecular complexity index is 639. The van der Waals surface area contributed by atoms with Gasteiger partial charge >= 0.3 is 11.9 Å². The quantitative estimate of drug-likeness (QED) is 0.820. The second kappa shape index (κ2) is 7.26. The molecule has 0 atom stereocenters. The molecule has 0 saturated heterocycles. The summed E-state index contributed by atoms with van der Waals surface area (Å²) in [6, 6.07) is 17.0. The van der Waals surface area contributed by atoms with Crippen molar-refractivity contribution in [3.05, 3.63) is 65.7 Å². The van der Waals surface area contributed by atoms with Crippen LogP contribution in [0.3, 0.4) is 0 Å². The van der Waals surface area contributed by atoms with Gasteiger partial charge in [-0.25, -0.2) is 0 Å². The van der Waals surface area contributed by atoms with Gasteiger partial charge in [0, 0.05) is 5.69 Å². The first-order valence-corrected chi connectivity index (χ1v) is 6.86. The topological polar surface area (TPSA) is 77.8 Å². The maximum atomic E-state index is 11.0. The van der Waals surface area contributed by atoms with Gasteiger partial charge in [-0.15, -0.1) is 0 Å². The van der Waals surface area contributed by atoms with Crippen molar-refractivity contribution >= 4 is 17.6 Å². The minimum absolute atomic E-state index is 0.349. The van der Waals surface area contributed by atoms with Crippen LogP contribution in [0.5, 0.6) is 0 Å². The maximum absolute atomic E-state index is 11.0. The third kappa shape index (κ3) is 4.34. The minimum Gasteiger partial charge on any atom is -0.480 e. The van der Waals surface area contributed by atoms with Crippen LogP contribution in [-0.4, -0.2) is 35.2 Å². The lowest BCUT2D eigenvalue weighted by Crippen LogP contribution is -2.35. The van der Waals surface area contributed by atoms with Crippen molar-refractivity contribution in [2.75, 3.05) is 18.0 Å². The molecule has 0 aliphatic carbocycles. The Morgan fingerprint density at radius 2 is 1.36 bits per heavy atom. The zero-order valence-electron chi connectivity index (χ0n) is 12.0. The zero-order valence-corrected chi connectivity index (χ0v) is 12.0. The first-order valence-electron chi connectivity index (χ1n) is 6.86. The van der Waals surface area contributed by atoms with E-state index in [-0.39, 0.29) is 13.1 Å². The normalized spacial score (nSPS) is 10.2. The van der Waals surface area contributed by atoms with Crippen LogP contribution in [0.15, 0.2) is 54.6 Å². The van der Waals surface area contributed by atoms with Crippen LogP contribution in [0.4, 0.5) is 5.69 Å². The van der Waals surface area contributed by atoms with Gasteiger partial charge in [-0.1, -0.05) is 48.5 Å². The SMILES string of the molecule is O=C(O)CN(CC(=O)O)c1ccccc1Cc1ccccc1. The van der Waals surface area contributed by atoms with E-state index in [4.69, 9.17) is 10.2 Å². The number of hydrogen-bond donors (Lipinski definition) is 2. The Hall–Kier alpha value is -2.82. The number of carboxylic acid groups (broad SMARTS) is 2. The molecule has 2 N–H and O–H groups in total. The number of hydrogen-bond acceptors (Lipinski definition) is 3. The number of aliphatic carboxylic acids is 2. The monoisotopic (exact) mass is 299 g/mol. The van der Waals surface area contributed by atoms with Crippen LogP contribution in [0.2, 0.25) is 0 Å². The van der Waals surface area contributed by atoms with Crippen molar-refractivity contribution in [1.29, 1.82) is 0 Å². The maximum Gasteiger partial charge on any atom is 0.323 e. The fraction of sp³-hybridized carbons (Fsp3) is 0.176. The number of nitrogens with zero attached hydrogens (tertiary/aromatic N) is 1. The summed E-state index contributed by atoms with van der Waals surface area (Å²) >= 11 is 0. The summed E-state index contributed by atoms with van der Waals surface area (Å²) in [5, 5.41) is 18.0. The fourth-order valence-corrected chi connectivity index (χ4v) is 2.34. The largest absolute Gasteiger partial charge is 0.480 e. The number of para-hydroxylation sites is 1. The van der Waals surface area contributed by atoms with E-state index in [0.29, 0.717) is 12.1 Å². The number of anilines is 1. The average Bonchev–Trinajstić information content (AvgIpc) is 2.47. The Labute approximate surface area is 128 Å². The van der Waals surface area contributed by atoms with Crippen molar-refractivity contribution in [3.8, 4) is 0 Å². The lowest BCUT2D eigenvalue weighted by atomic mass is 10.0. The van der Waals surface area contributed by atoms with Gasteiger partial charge in [0.05, 0.1) is 0 Å². The summed E-state index contributed by atoms with van der Waals surface area (Å²) in [7, 11) is 0. The van der Waals surface area contributed by atoms with Gasteiger partial charge in [0.25, 0.3) is 0 Å². The van der Waals surface area contributed by atoms with Gasteiger partial charge in [0.15, 0.2) is 0 Å². The molecule has 0 spiro atoms. The molecule has 0 unspecified atom stereocenters. The van der Waals surface area contributed by atoms with Gasteiger partial charge < -0.3 is 15.1 Å². The lowest BCUT2D eigenvalue weighted by molar-refractivity contribution is -0.136. The summed E-state index contributed by atoms with van der Waals surface area (Å²) in [4.78, 5) is 23.4. The molecule has 0 fully saturated rings. The number of rotatable bonds is 7. The van der Waals surface area contributed by atoms with E-state index in [1.165, 1.54) is 4.90 Å². The Morgan fingerprint density at radius 3 is 1.95 bits per heavy atom. The summed E-state index contributed by atoms with van der Waals surface area (Å²) < 4.78 is 0. The van der Waals surface area contributed by atoms with Crippen molar-refractivity contribution < 1.29 is 19.8 Å². The highest BCUT2D eigenvalue weighted by atomic mass is 16.4. The van der Waals surface area contributed by atoms with Crippen molar-refractivity contribution in [1.82, 2.24) is 0 Å². The van der Waals surface area contributed by atoms with E-state index in [9.17, 15) is 9.59 Å². The van der Waals surface area contributed by atoms with Crippen LogP contribution >= 0.6 is 0 Å². The highest BCUT2D eigenvalue weighted by Crippen LogP contribution is 2.23. The predicted octanol–water partition coefficient (Wildman–Crippen LogP) is 2.25.